The van der Waals surface area contributed by atoms with E-state index in [4.69, 9.17) is 4.99 Å². The molecule has 2 saturated carbocycles. The van der Waals surface area contributed by atoms with Crippen LogP contribution in [0.2, 0.25) is 0 Å². The first-order valence-corrected chi connectivity index (χ1v) is 8.99. The van der Waals surface area contributed by atoms with Gasteiger partial charge in [-0.3, -0.25) is 0 Å². The van der Waals surface area contributed by atoms with Crippen molar-refractivity contribution in [1.29, 1.82) is 5.26 Å². The Balaban J connectivity index is 0.00000225. The van der Waals surface area contributed by atoms with E-state index in [2.05, 4.69) is 26.9 Å². The van der Waals surface area contributed by atoms with Gasteiger partial charge in [0.25, 0.3) is 0 Å². The number of aromatic nitrogens is 3. The van der Waals surface area contributed by atoms with Crippen LogP contribution < -0.4 is 10.6 Å². The van der Waals surface area contributed by atoms with Crippen LogP contribution in [0.3, 0.4) is 0 Å². The lowest BCUT2D eigenvalue weighted by Gasteiger charge is -2.22. The highest BCUT2D eigenvalue weighted by Crippen LogP contribution is 2.25. The minimum absolute atomic E-state index is 0. The number of nitrogens with zero attached hydrogens (tertiary/aromatic N) is 5. The van der Waals surface area contributed by atoms with E-state index in [0.29, 0.717) is 12.6 Å². The number of nitriles is 1. The van der Waals surface area contributed by atoms with Gasteiger partial charge in [-0.1, -0.05) is 12.8 Å². The van der Waals surface area contributed by atoms with Crippen molar-refractivity contribution >= 4 is 29.9 Å². The molecule has 2 N–H and O–H groups in total. The highest BCUT2D eigenvalue weighted by Gasteiger charge is 2.28. The number of halogens is 1. The summed E-state index contributed by atoms with van der Waals surface area (Å²) < 4.78 is 1.96. The summed E-state index contributed by atoms with van der Waals surface area (Å²) >= 11 is 0. The number of hydrogen-bond acceptors (Lipinski definition) is 4. The van der Waals surface area contributed by atoms with E-state index in [9.17, 15) is 5.26 Å². The van der Waals surface area contributed by atoms with Gasteiger partial charge in [-0.15, -0.1) is 34.2 Å². The largest absolute Gasteiger partial charge is 0.354 e. The summed E-state index contributed by atoms with van der Waals surface area (Å²) in [6, 6.07) is 3.11. The minimum Gasteiger partial charge on any atom is -0.354 e. The zero-order valence-electron chi connectivity index (χ0n) is 15.0. The lowest BCUT2D eigenvalue weighted by atomic mass is 10.1. The van der Waals surface area contributed by atoms with Gasteiger partial charge in [0.2, 0.25) is 0 Å². The predicted molar refractivity (Wildman–Crippen MR) is 108 cm³/mol. The Bertz CT molecular complexity index is 627. The Morgan fingerprint density at radius 2 is 1.96 bits per heavy atom. The van der Waals surface area contributed by atoms with Crippen LogP contribution in [0, 0.1) is 24.2 Å². The second-order valence-corrected chi connectivity index (χ2v) is 6.93. The van der Waals surface area contributed by atoms with Crippen molar-refractivity contribution in [3.8, 4) is 6.07 Å². The van der Waals surface area contributed by atoms with Crippen molar-refractivity contribution in [3.05, 3.63) is 11.6 Å². The molecule has 0 aliphatic heterocycles. The number of nitrogens with one attached hydrogen (secondary N) is 2. The smallest absolute Gasteiger partial charge is 0.192 e. The first-order valence-electron chi connectivity index (χ1n) is 8.99. The summed E-state index contributed by atoms with van der Waals surface area (Å²) in [5.74, 6) is 2.63. The Labute approximate surface area is 166 Å². The quantitative estimate of drug-likeness (QED) is 0.412. The Morgan fingerprint density at radius 1 is 1.20 bits per heavy atom. The number of hydrogen-bond donors (Lipinski definition) is 2. The first kappa shape index (κ1) is 19.9. The number of aliphatic imine (C=N–C) groups is 1. The van der Waals surface area contributed by atoms with E-state index in [1.165, 1.54) is 25.7 Å². The Morgan fingerprint density at radius 3 is 2.60 bits per heavy atom. The van der Waals surface area contributed by atoms with Crippen molar-refractivity contribution in [2.45, 2.75) is 70.5 Å². The molecule has 2 aliphatic carbocycles. The maximum Gasteiger partial charge on any atom is 0.192 e. The second kappa shape index (κ2) is 9.36. The van der Waals surface area contributed by atoms with Gasteiger partial charge in [-0.2, -0.15) is 5.26 Å². The third-order valence-corrected chi connectivity index (χ3v) is 5.26. The van der Waals surface area contributed by atoms with E-state index in [-0.39, 0.29) is 35.9 Å². The fourth-order valence-electron chi connectivity index (χ4n) is 3.60. The van der Waals surface area contributed by atoms with Crippen molar-refractivity contribution in [2.75, 3.05) is 0 Å². The van der Waals surface area contributed by atoms with Gasteiger partial charge in [-0.05, 0) is 39.0 Å². The molecule has 138 valence electrons. The molecule has 2 unspecified atom stereocenters. The molecule has 0 radical (unpaired) electrons. The summed E-state index contributed by atoms with van der Waals surface area (Å²) in [7, 11) is 1.96. The van der Waals surface area contributed by atoms with Gasteiger partial charge in [0.15, 0.2) is 11.8 Å². The summed E-state index contributed by atoms with van der Waals surface area (Å²) in [6.45, 7) is 2.43. The van der Waals surface area contributed by atoms with Crippen molar-refractivity contribution in [1.82, 2.24) is 25.4 Å². The molecule has 2 atom stereocenters. The lowest BCUT2D eigenvalue weighted by molar-refractivity contribution is 0.518. The maximum absolute atomic E-state index is 9.31. The molecule has 8 heteroatoms. The molecule has 0 saturated heterocycles. The van der Waals surface area contributed by atoms with E-state index in [0.717, 1.165) is 36.9 Å². The first-order chi connectivity index (χ1) is 11.7. The van der Waals surface area contributed by atoms with Crippen LogP contribution in [0.25, 0.3) is 0 Å². The zero-order valence-corrected chi connectivity index (χ0v) is 17.4. The van der Waals surface area contributed by atoms with Crippen LogP contribution in [0.4, 0.5) is 0 Å². The maximum atomic E-state index is 9.31. The molecule has 7 nitrogen and oxygen atoms in total. The third-order valence-electron chi connectivity index (χ3n) is 5.26. The van der Waals surface area contributed by atoms with Crippen LogP contribution in [-0.2, 0) is 13.6 Å². The van der Waals surface area contributed by atoms with Gasteiger partial charge in [0.1, 0.15) is 12.4 Å². The molecule has 1 heterocycles. The van der Waals surface area contributed by atoms with Gasteiger partial charge >= 0.3 is 0 Å². The van der Waals surface area contributed by atoms with Crippen LogP contribution >= 0.6 is 24.0 Å². The molecule has 0 bridgehead atoms. The zero-order chi connectivity index (χ0) is 16.9. The molecular formula is C17H28IN7. The molecule has 1 aromatic heterocycles. The van der Waals surface area contributed by atoms with Crippen molar-refractivity contribution < 1.29 is 0 Å². The third kappa shape index (κ3) is 5.06. The van der Waals surface area contributed by atoms with Crippen LogP contribution in [-0.4, -0.2) is 32.8 Å². The number of rotatable bonds is 4. The minimum atomic E-state index is 0. The van der Waals surface area contributed by atoms with Crippen molar-refractivity contribution in [2.24, 2.45) is 18.0 Å². The van der Waals surface area contributed by atoms with Gasteiger partial charge < -0.3 is 15.2 Å². The van der Waals surface area contributed by atoms with Gasteiger partial charge in [0.05, 0.1) is 12.0 Å². The molecule has 2 fully saturated rings. The lowest BCUT2D eigenvalue weighted by Crippen LogP contribution is -2.47. The summed E-state index contributed by atoms with van der Waals surface area (Å²) in [5, 5.41) is 24.6. The molecule has 0 amide bonds. The SMILES string of the molecule is Cc1nnc(CN=C(NC2CCCC2)NC2CCCC2C#N)n1C.I. The summed E-state index contributed by atoms with van der Waals surface area (Å²) in [5.41, 5.74) is 0. The van der Waals surface area contributed by atoms with E-state index in [1.54, 1.807) is 0 Å². The van der Waals surface area contributed by atoms with Gasteiger partial charge in [-0.25, -0.2) is 4.99 Å². The monoisotopic (exact) mass is 457 g/mol. The normalized spacial score (nSPS) is 24.0. The van der Waals surface area contributed by atoms with Crippen LogP contribution in [0.1, 0.15) is 56.6 Å². The molecule has 25 heavy (non-hydrogen) atoms. The predicted octanol–water partition coefficient (Wildman–Crippen LogP) is 2.41. The van der Waals surface area contributed by atoms with E-state index < -0.39 is 0 Å². The van der Waals surface area contributed by atoms with E-state index >= 15 is 0 Å². The fraction of sp³-hybridized carbons (Fsp3) is 0.765. The molecule has 3 rings (SSSR count). The average molecular weight is 457 g/mol. The van der Waals surface area contributed by atoms with E-state index in [1.807, 2.05) is 18.5 Å². The molecule has 2 aliphatic rings. The molecule has 0 spiro atoms. The molecule has 1 aromatic rings. The molecular weight excluding hydrogens is 429 g/mol. The Hall–Kier alpha value is -1.37. The average Bonchev–Trinajstić information content (AvgIpc) is 3.30. The fourth-order valence-corrected chi connectivity index (χ4v) is 3.60. The summed E-state index contributed by atoms with van der Waals surface area (Å²) in [4.78, 5) is 4.73. The van der Waals surface area contributed by atoms with Crippen LogP contribution in [0.5, 0.6) is 0 Å². The van der Waals surface area contributed by atoms with Gasteiger partial charge in [0, 0.05) is 19.1 Å². The number of guanidine groups is 1. The van der Waals surface area contributed by atoms with Crippen molar-refractivity contribution in [3.63, 3.8) is 0 Å². The molecule has 0 aromatic carbocycles. The second-order valence-electron chi connectivity index (χ2n) is 6.93. The van der Waals surface area contributed by atoms with Crippen LogP contribution in [0.15, 0.2) is 4.99 Å². The standard InChI is InChI=1S/C17H27N7.HI/c1-12-22-23-16(24(12)2)11-19-17(20-14-7-3-4-8-14)21-15-9-5-6-13(15)10-18;/h13-15H,3-9,11H2,1-2H3,(H2,19,20,21);1H. The summed E-state index contributed by atoms with van der Waals surface area (Å²) in [6.07, 6.45) is 8.05. The number of aryl methyl sites for hydroxylation is 1. The highest BCUT2D eigenvalue weighted by molar-refractivity contribution is 14.0. The topological polar surface area (TPSA) is 90.9 Å². The Kier molecular flexibility index (Phi) is 7.47. The highest BCUT2D eigenvalue weighted by atomic mass is 127.